The number of hydrogen-bond acceptors (Lipinski definition) is 4. The van der Waals surface area contributed by atoms with E-state index in [2.05, 4.69) is 20.7 Å². The highest BCUT2D eigenvalue weighted by molar-refractivity contribution is 5.99. The Labute approximate surface area is 144 Å². The van der Waals surface area contributed by atoms with Gasteiger partial charge in [0, 0.05) is 30.0 Å². The van der Waals surface area contributed by atoms with Crippen molar-refractivity contribution in [3.05, 3.63) is 72.3 Å². The summed E-state index contributed by atoms with van der Waals surface area (Å²) in [6.07, 6.45) is 5.02. The van der Waals surface area contributed by atoms with E-state index in [9.17, 15) is 9.59 Å². The molecule has 1 aromatic carbocycles. The first-order valence-corrected chi connectivity index (χ1v) is 7.72. The first-order chi connectivity index (χ1) is 12.1. The molecule has 2 N–H and O–H groups in total. The van der Waals surface area contributed by atoms with E-state index < -0.39 is 0 Å². The van der Waals surface area contributed by atoms with E-state index in [0.29, 0.717) is 11.3 Å². The molecule has 0 fully saturated rings. The molecule has 0 aliphatic heterocycles. The summed E-state index contributed by atoms with van der Waals surface area (Å²) in [6.45, 7) is 1.72. The average molecular weight is 335 g/mol. The van der Waals surface area contributed by atoms with Crippen molar-refractivity contribution in [2.45, 2.75) is 6.92 Å². The Morgan fingerprint density at radius 2 is 1.92 bits per heavy atom. The van der Waals surface area contributed by atoms with Crippen molar-refractivity contribution in [3.8, 4) is 5.69 Å². The molecule has 0 bridgehead atoms. The molecule has 0 aliphatic rings. The van der Waals surface area contributed by atoms with Crippen LogP contribution in [-0.4, -0.2) is 33.1 Å². The van der Waals surface area contributed by atoms with E-state index >= 15 is 0 Å². The van der Waals surface area contributed by atoms with Crippen LogP contribution >= 0.6 is 0 Å². The summed E-state index contributed by atoms with van der Waals surface area (Å²) in [5.74, 6) is -0.642. The van der Waals surface area contributed by atoms with Gasteiger partial charge in [-0.3, -0.25) is 14.6 Å². The molecule has 126 valence electrons. The van der Waals surface area contributed by atoms with E-state index in [0.717, 1.165) is 11.4 Å². The first kappa shape index (κ1) is 16.4. The van der Waals surface area contributed by atoms with Gasteiger partial charge in [0.2, 0.25) is 5.91 Å². The number of nitrogens with one attached hydrogen (secondary N) is 2. The molecule has 3 aromatic rings. The quantitative estimate of drug-likeness (QED) is 0.746. The number of benzene rings is 1. The van der Waals surface area contributed by atoms with Crippen LogP contribution in [0.1, 0.15) is 16.1 Å². The number of aryl methyl sites for hydroxylation is 1. The first-order valence-electron chi connectivity index (χ1n) is 7.72. The predicted octanol–water partition coefficient (Wildman–Crippen LogP) is 1.94. The number of nitrogens with zero attached hydrogens (tertiary/aromatic N) is 3. The third kappa shape index (κ3) is 4.29. The molecule has 0 saturated carbocycles. The number of hydrogen-bond donors (Lipinski definition) is 2. The van der Waals surface area contributed by atoms with Gasteiger partial charge in [0.25, 0.3) is 5.91 Å². The molecule has 0 unspecified atom stereocenters. The number of rotatable bonds is 5. The maximum atomic E-state index is 12.0. The van der Waals surface area contributed by atoms with Crippen molar-refractivity contribution in [1.29, 1.82) is 0 Å². The molecule has 0 radical (unpaired) electrons. The third-order valence-electron chi connectivity index (χ3n) is 3.50. The standard InChI is InChI=1S/C18H17N5O2/c1-13-3-4-14(11-19-13)18(25)20-12-17(24)22-15-5-7-16(8-6-15)23-10-2-9-21-23/h2-11H,12H2,1H3,(H,20,25)(H,22,24). The number of aromatic nitrogens is 3. The number of pyridine rings is 1. The molecule has 7 heteroatoms. The van der Waals surface area contributed by atoms with Gasteiger partial charge in [0.1, 0.15) is 0 Å². The Morgan fingerprint density at radius 1 is 1.12 bits per heavy atom. The molecule has 0 aliphatic carbocycles. The lowest BCUT2D eigenvalue weighted by atomic mass is 10.2. The van der Waals surface area contributed by atoms with Crippen molar-refractivity contribution >= 4 is 17.5 Å². The molecule has 0 spiro atoms. The molecule has 0 saturated heterocycles. The molecule has 7 nitrogen and oxygen atoms in total. The van der Waals surface area contributed by atoms with E-state index in [4.69, 9.17) is 0 Å². The van der Waals surface area contributed by atoms with Crippen LogP contribution < -0.4 is 10.6 Å². The van der Waals surface area contributed by atoms with Crippen LogP contribution in [0.3, 0.4) is 0 Å². The summed E-state index contributed by atoms with van der Waals surface area (Å²) in [4.78, 5) is 28.0. The van der Waals surface area contributed by atoms with Gasteiger partial charge in [0.15, 0.2) is 0 Å². The highest BCUT2D eigenvalue weighted by Gasteiger charge is 2.08. The topological polar surface area (TPSA) is 88.9 Å². The minimum Gasteiger partial charge on any atom is -0.343 e. The Hall–Kier alpha value is -3.48. The predicted molar refractivity (Wildman–Crippen MR) is 93.5 cm³/mol. The second-order valence-corrected chi connectivity index (χ2v) is 5.42. The van der Waals surface area contributed by atoms with Gasteiger partial charge in [-0.25, -0.2) is 4.68 Å². The smallest absolute Gasteiger partial charge is 0.253 e. The van der Waals surface area contributed by atoms with Crippen LogP contribution in [0.5, 0.6) is 0 Å². The van der Waals surface area contributed by atoms with Crippen molar-refractivity contribution in [2.75, 3.05) is 11.9 Å². The monoisotopic (exact) mass is 335 g/mol. The molecular weight excluding hydrogens is 318 g/mol. The maximum Gasteiger partial charge on any atom is 0.253 e. The van der Waals surface area contributed by atoms with Gasteiger partial charge < -0.3 is 10.6 Å². The summed E-state index contributed by atoms with van der Waals surface area (Å²) in [7, 11) is 0. The Morgan fingerprint density at radius 3 is 2.56 bits per heavy atom. The van der Waals surface area contributed by atoms with E-state index in [1.165, 1.54) is 6.20 Å². The van der Waals surface area contributed by atoms with Gasteiger partial charge >= 0.3 is 0 Å². The molecular formula is C18H17N5O2. The van der Waals surface area contributed by atoms with Crippen LogP contribution in [0.15, 0.2) is 61.1 Å². The molecule has 2 heterocycles. The fraction of sp³-hybridized carbons (Fsp3) is 0.111. The second kappa shape index (κ2) is 7.39. The van der Waals surface area contributed by atoms with Gasteiger partial charge in [-0.05, 0) is 49.4 Å². The summed E-state index contributed by atoms with van der Waals surface area (Å²) in [5, 5.41) is 9.44. The summed E-state index contributed by atoms with van der Waals surface area (Å²) in [6, 6.07) is 12.5. The Balaban J connectivity index is 1.52. The third-order valence-corrected chi connectivity index (χ3v) is 3.50. The molecule has 25 heavy (non-hydrogen) atoms. The van der Waals surface area contributed by atoms with Gasteiger partial charge in [-0.15, -0.1) is 0 Å². The summed E-state index contributed by atoms with van der Waals surface area (Å²) < 4.78 is 1.72. The normalized spacial score (nSPS) is 10.3. The largest absolute Gasteiger partial charge is 0.343 e. The lowest BCUT2D eigenvalue weighted by Crippen LogP contribution is -2.32. The average Bonchev–Trinajstić information content (AvgIpc) is 3.15. The summed E-state index contributed by atoms with van der Waals surface area (Å²) in [5.41, 5.74) is 2.78. The van der Waals surface area contributed by atoms with Crippen LogP contribution in [0, 0.1) is 6.92 Å². The van der Waals surface area contributed by atoms with Gasteiger partial charge in [-0.2, -0.15) is 5.10 Å². The zero-order valence-corrected chi connectivity index (χ0v) is 13.6. The zero-order chi connectivity index (χ0) is 17.6. The Kier molecular flexibility index (Phi) is 4.84. The minimum absolute atomic E-state index is 0.117. The van der Waals surface area contributed by atoms with Crippen molar-refractivity contribution in [3.63, 3.8) is 0 Å². The number of carbonyl (C=O) groups excluding carboxylic acids is 2. The maximum absolute atomic E-state index is 12.0. The van der Waals surface area contributed by atoms with Gasteiger partial charge in [-0.1, -0.05) is 0 Å². The zero-order valence-electron chi connectivity index (χ0n) is 13.6. The molecule has 3 rings (SSSR count). The van der Waals surface area contributed by atoms with Gasteiger partial charge in [0.05, 0.1) is 17.8 Å². The fourth-order valence-corrected chi connectivity index (χ4v) is 2.19. The number of anilines is 1. The fourth-order valence-electron chi connectivity index (χ4n) is 2.19. The van der Waals surface area contributed by atoms with Crippen molar-refractivity contribution in [1.82, 2.24) is 20.1 Å². The second-order valence-electron chi connectivity index (χ2n) is 5.42. The van der Waals surface area contributed by atoms with Crippen LogP contribution in [0.4, 0.5) is 5.69 Å². The van der Waals surface area contributed by atoms with E-state index in [1.807, 2.05) is 31.3 Å². The highest BCUT2D eigenvalue weighted by atomic mass is 16.2. The Bertz CT molecular complexity index is 855. The summed E-state index contributed by atoms with van der Waals surface area (Å²) >= 11 is 0. The SMILES string of the molecule is Cc1ccc(C(=O)NCC(=O)Nc2ccc(-n3cccn3)cc2)cn1. The van der Waals surface area contributed by atoms with Crippen molar-refractivity contribution < 1.29 is 9.59 Å². The molecule has 2 amide bonds. The number of carbonyl (C=O) groups is 2. The lowest BCUT2D eigenvalue weighted by molar-refractivity contribution is -0.115. The van der Waals surface area contributed by atoms with Crippen LogP contribution in [0.2, 0.25) is 0 Å². The molecule has 0 atom stereocenters. The lowest BCUT2D eigenvalue weighted by Gasteiger charge is -2.08. The highest BCUT2D eigenvalue weighted by Crippen LogP contribution is 2.12. The van der Waals surface area contributed by atoms with Crippen molar-refractivity contribution in [2.24, 2.45) is 0 Å². The number of amides is 2. The van der Waals surface area contributed by atoms with Crippen LogP contribution in [-0.2, 0) is 4.79 Å². The van der Waals surface area contributed by atoms with Crippen LogP contribution in [0.25, 0.3) is 5.69 Å². The minimum atomic E-state index is -0.336. The molecule has 2 aromatic heterocycles. The van der Waals surface area contributed by atoms with E-state index in [1.54, 1.807) is 35.1 Å². The van der Waals surface area contributed by atoms with E-state index in [-0.39, 0.29) is 18.4 Å².